The Labute approximate surface area is 138 Å². The Morgan fingerprint density at radius 2 is 1.96 bits per heavy atom. The molecule has 0 aliphatic carbocycles. The lowest BCUT2D eigenvalue weighted by Crippen LogP contribution is -2.37. The molecule has 1 aromatic heterocycles. The van der Waals surface area contributed by atoms with E-state index in [9.17, 15) is 4.39 Å². The summed E-state index contributed by atoms with van der Waals surface area (Å²) in [4.78, 5) is 4.90. The van der Waals surface area contributed by atoms with Crippen LogP contribution in [0.15, 0.2) is 24.3 Å². The van der Waals surface area contributed by atoms with Crippen LogP contribution in [0, 0.1) is 17.7 Å². The van der Waals surface area contributed by atoms with E-state index in [1.54, 1.807) is 12.1 Å². The zero-order chi connectivity index (χ0) is 16.7. The highest BCUT2D eigenvalue weighted by atomic mass is 19.1. The van der Waals surface area contributed by atoms with E-state index in [4.69, 9.17) is 0 Å². The number of aromatic nitrogens is 1. The third-order valence-electron chi connectivity index (χ3n) is 5.42. The summed E-state index contributed by atoms with van der Waals surface area (Å²) < 4.78 is 15.6. The predicted octanol–water partition coefficient (Wildman–Crippen LogP) is 3.34. The van der Waals surface area contributed by atoms with Crippen LogP contribution in [0.2, 0.25) is 0 Å². The number of fused-ring (bicyclic) bond motifs is 1. The molecule has 0 radical (unpaired) electrons. The van der Waals surface area contributed by atoms with Crippen molar-refractivity contribution < 1.29 is 4.39 Å². The Balaban J connectivity index is 1.81. The molecule has 1 aromatic carbocycles. The fraction of sp³-hybridized carbons (Fsp3) is 0.579. The predicted molar refractivity (Wildman–Crippen MR) is 94.0 cm³/mol. The maximum absolute atomic E-state index is 13.4. The zero-order valence-electron chi connectivity index (χ0n) is 14.9. The molecular formula is C19H28FN3. The largest absolute Gasteiger partial charge is 0.346 e. The molecule has 2 heterocycles. The second-order valence-corrected chi connectivity index (χ2v) is 7.53. The average molecular weight is 317 g/mol. The van der Waals surface area contributed by atoms with E-state index in [0.717, 1.165) is 30.5 Å². The molecule has 2 aromatic rings. The van der Waals surface area contributed by atoms with Crippen molar-refractivity contribution in [2.45, 2.75) is 26.4 Å². The van der Waals surface area contributed by atoms with Crippen molar-refractivity contribution in [3.05, 3.63) is 35.8 Å². The Morgan fingerprint density at radius 3 is 2.57 bits per heavy atom. The minimum absolute atomic E-state index is 0.164. The Morgan fingerprint density at radius 1 is 1.22 bits per heavy atom. The molecule has 2 atom stereocenters. The van der Waals surface area contributed by atoms with Gasteiger partial charge in [-0.25, -0.2) is 4.39 Å². The van der Waals surface area contributed by atoms with Gasteiger partial charge in [0.15, 0.2) is 0 Å². The van der Waals surface area contributed by atoms with E-state index >= 15 is 0 Å². The van der Waals surface area contributed by atoms with Gasteiger partial charge in [-0.3, -0.25) is 4.90 Å². The lowest BCUT2D eigenvalue weighted by molar-refractivity contribution is 0.215. The van der Waals surface area contributed by atoms with Gasteiger partial charge in [0.2, 0.25) is 0 Å². The van der Waals surface area contributed by atoms with Crippen LogP contribution >= 0.6 is 0 Å². The number of benzene rings is 1. The van der Waals surface area contributed by atoms with Crippen LogP contribution in [0.5, 0.6) is 0 Å². The van der Waals surface area contributed by atoms with Crippen molar-refractivity contribution in [2.75, 3.05) is 27.2 Å². The summed E-state index contributed by atoms with van der Waals surface area (Å²) in [6.07, 6.45) is 0. The molecule has 1 fully saturated rings. The van der Waals surface area contributed by atoms with Gasteiger partial charge in [-0.1, -0.05) is 13.8 Å². The molecule has 1 saturated heterocycles. The number of hydrogen-bond donors (Lipinski definition) is 0. The quantitative estimate of drug-likeness (QED) is 0.857. The van der Waals surface area contributed by atoms with Crippen LogP contribution in [0.25, 0.3) is 10.9 Å². The van der Waals surface area contributed by atoms with Crippen LogP contribution in [0.4, 0.5) is 4.39 Å². The Kier molecular flexibility index (Phi) is 4.47. The van der Waals surface area contributed by atoms with Gasteiger partial charge in [0.05, 0.1) is 0 Å². The van der Waals surface area contributed by atoms with Crippen LogP contribution in [-0.4, -0.2) is 47.6 Å². The van der Waals surface area contributed by atoms with Crippen LogP contribution in [0.3, 0.4) is 0 Å². The normalized spacial score (nSPS) is 22.8. The molecule has 1 aliphatic heterocycles. The molecule has 0 spiro atoms. The van der Waals surface area contributed by atoms with Gasteiger partial charge in [-0.05, 0) is 50.2 Å². The van der Waals surface area contributed by atoms with Crippen LogP contribution < -0.4 is 0 Å². The zero-order valence-corrected chi connectivity index (χ0v) is 14.9. The molecule has 23 heavy (non-hydrogen) atoms. The number of nitrogens with zero attached hydrogens (tertiary/aromatic N) is 3. The van der Waals surface area contributed by atoms with Crippen LogP contribution in [-0.2, 0) is 13.6 Å². The lowest BCUT2D eigenvalue weighted by Gasteiger charge is -2.27. The first kappa shape index (κ1) is 16.5. The first-order valence-electron chi connectivity index (χ1n) is 8.49. The summed E-state index contributed by atoms with van der Waals surface area (Å²) >= 11 is 0. The molecule has 0 amide bonds. The fourth-order valence-electron chi connectivity index (χ4n) is 3.98. The fourth-order valence-corrected chi connectivity index (χ4v) is 3.98. The van der Waals surface area contributed by atoms with Crippen molar-refractivity contribution in [2.24, 2.45) is 18.9 Å². The van der Waals surface area contributed by atoms with E-state index in [2.05, 4.69) is 55.4 Å². The highest BCUT2D eigenvalue weighted by Gasteiger charge is 2.35. The van der Waals surface area contributed by atoms with Crippen molar-refractivity contribution >= 4 is 10.9 Å². The van der Waals surface area contributed by atoms with Crippen molar-refractivity contribution in [1.29, 1.82) is 0 Å². The molecule has 0 N–H and O–H groups in total. The number of likely N-dealkylation sites (N-methyl/N-ethyl adjacent to an activating group) is 1. The molecule has 3 rings (SSSR count). The van der Waals surface area contributed by atoms with Gasteiger partial charge in [-0.2, -0.15) is 0 Å². The second-order valence-electron chi connectivity index (χ2n) is 7.53. The SMILES string of the molecule is CC(C)[C@@H]1CN(Cc2cc3cc(F)ccc3n2C)C[C@H]1N(C)C. The van der Waals surface area contributed by atoms with Crippen molar-refractivity contribution in [3.63, 3.8) is 0 Å². The van der Waals surface area contributed by atoms with Crippen LogP contribution in [0.1, 0.15) is 19.5 Å². The maximum Gasteiger partial charge on any atom is 0.123 e. The summed E-state index contributed by atoms with van der Waals surface area (Å²) in [5.41, 5.74) is 2.36. The third kappa shape index (κ3) is 3.15. The molecule has 0 saturated carbocycles. The molecular weight excluding hydrogens is 289 g/mol. The van der Waals surface area contributed by atoms with Crippen molar-refractivity contribution in [3.8, 4) is 0 Å². The van der Waals surface area contributed by atoms with Gasteiger partial charge < -0.3 is 9.47 Å². The summed E-state index contributed by atoms with van der Waals surface area (Å²) in [6, 6.07) is 7.78. The summed E-state index contributed by atoms with van der Waals surface area (Å²) in [7, 11) is 6.45. The van der Waals surface area contributed by atoms with E-state index in [0.29, 0.717) is 17.9 Å². The summed E-state index contributed by atoms with van der Waals surface area (Å²) in [5.74, 6) is 1.23. The number of aryl methyl sites for hydroxylation is 1. The van der Waals surface area contributed by atoms with E-state index in [1.807, 2.05) is 6.07 Å². The van der Waals surface area contributed by atoms with E-state index < -0.39 is 0 Å². The Hall–Kier alpha value is -1.39. The van der Waals surface area contributed by atoms with E-state index in [1.165, 1.54) is 5.69 Å². The molecule has 0 unspecified atom stereocenters. The average Bonchev–Trinajstić information content (AvgIpc) is 3.02. The van der Waals surface area contributed by atoms with Gasteiger partial charge >= 0.3 is 0 Å². The first-order chi connectivity index (χ1) is 10.9. The monoisotopic (exact) mass is 317 g/mol. The summed E-state index contributed by atoms with van der Waals surface area (Å²) in [6.45, 7) is 7.82. The second kappa shape index (κ2) is 6.25. The molecule has 0 bridgehead atoms. The van der Waals surface area contributed by atoms with E-state index in [-0.39, 0.29) is 5.82 Å². The van der Waals surface area contributed by atoms with Gasteiger partial charge in [0, 0.05) is 49.3 Å². The Bertz CT molecular complexity index is 673. The minimum Gasteiger partial charge on any atom is -0.346 e. The standard InChI is InChI=1S/C19H28FN3/c1-13(2)17-11-23(12-19(17)21(3)4)10-16-9-14-8-15(20)6-7-18(14)22(16)5/h6-9,13,17,19H,10-12H2,1-5H3/t17-,19+/m0/s1. The highest BCUT2D eigenvalue weighted by Crippen LogP contribution is 2.29. The molecule has 1 aliphatic rings. The summed E-state index contributed by atoms with van der Waals surface area (Å²) in [5, 5.41) is 0.992. The topological polar surface area (TPSA) is 11.4 Å². The van der Waals surface area contributed by atoms with Crippen molar-refractivity contribution in [1.82, 2.24) is 14.4 Å². The van der Waals surface area contributed by atoms with Gasteiger partial charge in [0.1, 0.15) is 5.82 Å². The molecule has 126 valence electrons. The maximum atomic E-state index is 13.4. The number of likely N-dealkylation sites (tertiary alicyclic amines) is 1. The number of rotatable bonds is 4. The van der Waals surface area contributed by atoms with Gasteiger partial charge in [0.25, 0.3) is 0 Å². The minimum atomic E-state index is -0.164. The number of hydrogen-bond acceptors (Lipinski definition) is 2. The molecule has 3 nitrogen and oxygen atoms in total. The lowest BCUT2D eigenvalue weighted by atomic mass is 9.91. The molecule has 4 heteroatoms. The highest BCUT2D eigenvalue weighted by molar-refractivity contribution is 5.81. The van der Waals surface area contributed by atoms with Gasteiger partial charge in [-0.15, -0.1) is 0 Å². The third-order valence-corrected chi connectivity index (χ3v) is 5.42. The number of halogens is 1. The smallest absolute Gasteiger partial charge is 0.123 e. The first-order valence-corrected chi connectivity index (χ1v) is 8.49.